The molecule has 0 aliphatic heterocycles. The van der Waals surface area contributed by atoms with Crippen molar-refractivity contribution in [1.29, 1.82) is 0 Å². The van der Waals surface area contributed by atoms with E-state index in [0.717, 1.165) is 12.1 Å². The van der Waals surface area contributed by atoms with E-state index >= 15 is 0 Å². The molecule has 0 spiro atoms. The number of ether oxygens (including phenoxy) is 2. The molecule has 0 aliphatic rings. The standard InChI is InChI=1S/C18H19FN2O6S/c1-12(21-28(24,25)16-6-4-3-5-15(16)19)18(23)27-11-17(22)20-13-7-9-14(26-2)10-8-13/h3-10,12,21H,11H2,1-2H3,(H,20,22)/t12-/m0/s1. The van der Waals surface area contributed by atoms with Crippen LogP contribution in [0.5, 0.6) is 5.75 Å². The first-order chi connectivity index (χ1) is 13.2. The SMILES string of the molecule is COc1ccc(NC(=O)COC(=O)[C@H](C)NS(=O)(=O)c2ccccc2F)cc1. The molecule has 2 rings (SSSR count). The Morgan fingerprint density at radius 1 is 1.11 bits per heavy atom. The van der Waals surface area contributed by atoms with Gasteiger partial charge in [0.25, 0.3) is 5.91 Å². The second-order valence-electron chi connectivity index (χ2n) is 5.66. The Hall–Kier alpha value is -2.98. The summed E-state index contributed by atoms with van der Waals surface area (Å²) in [6.45, 7) is 0.610. The molecule has 0 heterocycles. The number of carbonyl (C=O) groups excluding carboxylic acids is 2. The number of esters is 1. The highest BCUT2D eigenvalue weighted by atomic mass is 32.2. The van der Waals surface area contributed by atoms with E-state index in [1.54, 1.807) is 24.3 Å². The van der Waals surface area contributed by atoms with Crippen LogP contribution in [0.4, 0.5) is 10.1 Å². The highest BCUT2D eigenvalue weighted by molar-refractivity contribution is 7.89. The van der Waals surface area contributed by atoms with Gasteiger partial charge in [-0.2, -0.15) is 4.72 Å². The van der Waals surface area contributed by atoms with Crippen molar-refractivity contribution in [3.63, 3.8) is 0 Å². The molecule has 2 aromatic carbocycles. The Kier molecular flexibility index (Phi) is 7.07. The molecule has 0 radical (unpaired) electrons. The van der Waals surface area contributed by atoms with Crippen LogP contribution in [0.25, 0.3) is 0 Å². The van der Waals surface area contributed by atoms with Gasteiger partial charge in [0.1, 0.15) is 22.5 Å². The highest BCUT2D eigenvalue weighted by Gasteiger charge is 2.25. The predicted octanol–water partition coefficient (Wildman–Crippen LogP) is 1.68. The summed E-state index contributed by atoms with van der Waals surface area (Å²) < 4.78 is 49.8. The molecule has 10 heteroatoms. The number of anilines is 1. The second kappa shape index (κ2) is 9.29. The average Bonchev–Trinajstić information content (AvgIpc) is 2.66. The van der Waals surface area contributed by atoms with Crippen molar-refractivity contribution < 1.29 is 31.9 Å². The normalized spacial score (nSPS) is 12.1. The molecule has 1 atom stereocenters. The fraction of sp³-hybridized carbons (Fsp3) is 0.222. The van der Waals surface area contributed by atoms with Crippen LogP contribution in [0.15, 0.2) is 53.4 Å². The first kappa shape index (κ1) is 21.3. The Morgan fingerprint density at radius 3 is 2.36 bits per heavy atom. The van der Waals surface area contributed by atoms with Gasteiger partial charge >= 0.3 is 5.97 Å². The minimum atomic E-state index is -4.27. The quantitative estimate of drug-likeness (QED) is 0.641. The number of methoxy groups -OCH3 is 1. The molecule has 0 saturated heterocycles. The van der Waals surface area contributed by atoms with E-state index in [1.165, 1.54) is 26.2 Å². The Bertz CT molecular complexity index is 947. The zero-order valence-corrected chi connectivity index (χ0v) is 16.0. The number of hydrogen-bond donors (Lipinski definition) is 2. The van der Waals surface area contributed by atoms with E-state index in [-0.39, 0.29) is 0 Å². The number of sulfonamides is 1. The van der Waals surface area contributed by atoms with Gasteiger partial charge in [-0.3, -0.25) is 9.59 Å². The van der Waals surface area contributed by atoms with Gasteiger partial charge in [0, 0.05) is 5.69 Å². The molecule has 28 heavy (non-hydrogen) atoms. The van der Waals surface area contributed by atoms with Crippen molar-refractivity contribution in [3.05, 3.63) is 54.3 Å². The molecular weight excluding hydrogens is 391 g/mol. The molecule has 1 amide bonds. The third-order valence-electron chi connectivity index (χ3n) is 3.53. The van der Waals surface area contributed by atoms with Crippen molar-refractivity contribution >= 4 is 27.6 Å². The fourth-order valence-corrected chi connectivity index (χ4v) is 3.41. The second-order valence-corrected chi connectivity index (χ2v) is 7.34. The van der Waals surface area contributed by atoms with Crippen LogP contribution < -0.4 is 14.8 Å². The highest BCUT2D eigenvalue weighted by Crippen LogP contribution is 2.15. The van der Waals surface area contributed by atoms with E-state index in [2.05, 4.69) is 5.32 Å². The monoisotopic (exact) mass is 410 g/mol. The van der Waals surface area contributed by atoms with Gasteiger partial charge in [-0.15, -0.1) is 0 Å². The first-order valence-corrected chi connectivity index (χ1v) is 9.58. The fourth-order valence-electron chi connectivity index (χ4n) is 2.14. The smallest absolute Gasteiger partial charge is 0.324 e. The number of carbonyl (C=O) groups is 2. The summed E-state index contributed by atoms with van der Waals surface area (Å²) in [5.41, 5.74) is 0.468. The zero-order chi connectivity index (χ0) is 20.7. The van der Waals surface area contributed by atoms with Crippen LogP contribution in [0.3, 0.4) is 0 Å². The number of hydrogen-bond acceptors (Lipinski definition) is 6. The molecule has 0 fully saturated rings. The third kappa shape index (κ3) is 5.76. The van der Waals surface area contributed by atoms with E-state index < -0.39 is 45.3 Å². The lowest BCUT2D eigenvalue weighted by Crippen LogP contribution is -2.40. The van der Waals surface area contributed by atoms with Crippen molar-refractivity contribution in [1.82, 2.24) is 4.72 Å². The van der Waals surface area contributed by atoms with Crippen molar-refractivity contribution in [3.8, 4) is 5.75 Å². The average molecular weight is 410 g/mol. The molecule has 0 unspecified atom stereocenters. The lowest BCUT2D eigenvalue weighted by Gasteiger charge is -2.14. The minimum Gasteiger partial charge on any atom is -0.497 e. The number of rotatable bonds is 8. The maximum absolute atomic E-state index is 13.6. The first-order valence-electron chi connectivity index (χ1n) is 8.10. The van der Waals surface area contributed by atoms with Gasteiger partial charge in [-0.25, -0.2) is 12.8 Å². The van der Waals surface area contributed by atoms with E-state index in [4.69, 9.17) is 9.47 Å². The summed E-state index contributed by atoms with van der Waals surface area (Å²) in [5.74, 6) is -1.93. The van der Waals surface area contributed by atoms with E-state index in [1.807, 2.05) is 4.72 Å². The van der Waals surface area contributed by atoms with Crippen LogP contribution in [-0.4, -0.2) is 40.1 Å². The number of benzene rings is 2. The Morgan fingerprint density at radius 2 is 1.75 bits per heavy atom. The van der Waals surface area contributed by atoms with Crippen LogP contribution in [-0.2, 0) is 24.3 Å². The van der Waals surface area contributed by atoms with Crippen LogP contribution in [0.1, 0.15) is 6.92 Å². The Labute approximate surface area is 161 Å². The van der Waals surface area contributed by atoms with E-state index in [9.17, 15) is 22.4 Å². The summed E-state index contributed by atoms with van der Waals surface area (Å²) in [5, 5.41) is 2.51. The summed E-state index contributed by atoms with van der Waals surface area (Å²) in [6, 6.07) is 9.91. The van der Waals surface area contributed by atoms with E-state index in [0.29, 0.717) is 11.4 Å². The van der Waals surface area contributed by atoms with Crippen molar-refractivity contribution in [2.24, 2.45) is 0 Å². The van der Waals surface area contributed by atoms with Gasteiger partial charge in [-0.1, -0.05) is 12.1 Å². The molecular formula is C18H19FN2O6S. The molecule has 8 nitrogen and oxygen atoms in total. The largest absolute Gasteiger partial charge is 0.497 e. The molecule has 150 valence electrons. The van der Waals surface area contributed by atoms with Gasteiger partial charge in [0.2, 0.25) is 10.0 Å². The van der Waals surface area contributed by atoms with Crippen LogP contribution in [0.2, 0.25) is 0 Å². The lowest BCUT2D eigenvalue weighted by molar-refractivity contribution is -0.148. The molecule has 2 aromatic rings. The summed E-state index contributed by atoms with van der Waals surface area (Å²) in [4.78, 5) is 23.2. The third-order valence-corrected chi connectivity index (χ3v) is 5.10. The van der Waals surface area contributed by atoms with Gasteiger partial charge < -0.3 is 14.8 Å². The lowest BCUT2D eigenvalue weighted by atomic mass is 10.3. The number of nitrogens with one attached hydrogen (secondary N) is 2. The summed E-state index contributed by atoms with van der Waals surface area (Å²) in [6.07, 6.45) is 0. The van der Waals surface area contributed by atoms with Crippen LogP contribution in [0, 0.1) is 5.82 Å². The number of amides is 1. The molecule has 0 bridgehead atoms. The summed E-state index contributed by atoms with van der Waals surface area (Å²) >= 11 is 0. The minimum absolute atomic E-state index is 0.468. The predicted molar refractivity (Wildman–Crippen MR) is 98.8 cm³/mol. The topological polar surface area (TPSA) is 111 Å². The zero-order valence-electron chi connectivity index (χ0n) is 15.1. The van der Waals surface area contributed by atoms with Gasteiger partial charge in [-0.05, 0) is 43.3 Å². The Balaban J connectivity index is 1.88. The summed E-state index contributed by atoms with van der Waals surface area (Å²) in [7, 11) is -2.76. The number of halogens is 1. The maximum Gasteiger partial charge on any atom is 0.324 e. The van der Waals surface area contributed by atoms with Crippen LogP contribution >= 0.6 is 0 Å². The maximum atomic E-state index is 13.6. The molecule has 0 aromatic heterocycles. The molecule has 2 N–H and O–H groups in total. The van der Waals surface area contributed by atoms with Gasteiger partial charge in [0.15, 0.2) is 6.61 Å². The van der Waals surface area contributed by atoms with Crippen molar-refractivity contribution in [2.75, 3.05) is 19.0 Å². The van der Waals surface area contributed by atoms with Crippen molar-refractivity contribution in [2.45, 2.75) is 17.9 Å². The van der Waals surface area contributed by atoms with Gasteiger partial charge in [0.05, 0.1) is 7.11 Å². The molecule has 0 aliphatic carbocycles. The molecule has 0 saturated carbocycles.